The molecule has 0 aromatic heterocycles. The zero-order valence-corrected chi connectivity index (χ0v) is 15.3. The van der Waals surface area contributed by atoms with Gasteiger partial charge in [0.05, 0.1) is 19.3 Å². The van der Waals surface area contributed by atoms with E-state index in [9.17, 15) is 4.79 Å². The van der Waals surface area contributed by atoms with Gasteiger partial charge in [-0.1, -0.05) is 12.1 Å². The van der Waals surface area contributed by atoms with Crippen LogP contribution in [0.4, 0.5) is 10.5 Å². The summed E-state index contributed by atoms with van der Waals surface area (Å²) in [6.07, 6.45) is 2.34. The first-order valence-electron chi connectivity index (χ1n) is 8.76. The first-order chi connectivity index (χ1) is 11.5. The number of rotatable bonds is 6. The van der Waals surface area contributed by atoms with Crippen LogP contribution in [0.15, 0.2) is 18.2 Å². The van der Waals surface area contributed by atoms with E-state index >= 15 is 0 Å². The molecule has 1 saturated heterocycles. The molecule has 2 amide bonds. The van der Waals surface area contributed by atoms with E-state index in [1.54, 1.807) is 7.11 Å². The Hall–Kier alpha value is -1.59. The molecule has 1 heterocycles. The van der Waals surface area contributed by atoms with Crippen molar-refractivity contribution in [3.63, 3.8) is 0 Å². The first-order valence-corrected chi connectivity index (χ1v) is 8.76. The predicted octanol–water partition coefficient (Wildman–Crippen LogP) is 3.81. The lowest BCUT2D eigenvalue weighted by Gasteiger charge is -2.32. The van der Waals surface area contributed by atoms with Crippen molar-refractivity contribution < 1.29 is 14.3 Å². The summed E-state index contributed by atoms with van der Waals surface area (Å²) < 4.78 is 10.9. The fourth-order valence-corrected chi connectivity index (χ4v) is 3.05. The van der Waals surface area contributed by atoms with Gasteiger partial charge in [-0.3, -0.25) is 0 Å². The quantitative estimate of drug-likeness (QED) is 0.860. The predicted molar refractivity (Wildman–Crippen MR) is 96.3 cm³/mol. The van der Waals surface area contributed by atoms with Crippen LogP contribution < -0.4 is 5.32 Å². The smallest absolute Gasteiger partial charge is 0.321 e. The zero-order chi connectivity index (χ0) is 17.5. The molecule has 0 radical (unpaired) electrons. The minimum absolute atomic E-state index is 0.0270. The van der Waals surface area contributed by atoms with Crippen molar-refractivity contribution in [2.45, 2.75) is 46.3 Å². The number of ether oxygens (including phenoxy) is 2. The van der Waals surface area contributed by atoms with E-state index in [-0.39, 0.29) is 12.1 Å². The van der Waals surface area contributed by atoms with Crippen molar-refractivity contribution in [3.8, 4) is 0 Å². The second-order valence-electron chi connectivity index (χ2n) is 6.79. The van der Waals surface area contributed by atoms with Gasteiger partial charge in [0.25, 0.3) is 0 Å². The first kappa shape index (κ1) is 18.7. The molecule has 1 fully saturated rings. The second-order valence-corrected chi connectivity index (χ2v) is 6.79. The number of hydrogen-bond acceptors (Lipinski definition) is 3. The Balaban J connectivity index is 1.99. The zero-order valence-electron chi connectivity index (χ0n) is 15.3. The number of carbonyl (C=O) groups is 1. The second kappa shape index (κ2) is 9.04. The maximum Gasteiger partial charge on any atom is 0.321 e. The molecule has 1 unspecified atom stereocenters. The van der Waals surface area contributed by atoms with Gasteiger partial charge in [0, 0.05) is 31.8 Å². The van der Waals surface area contributed by atoms with Crippen LogP contribution in [-0.4, -0.2) is 43.8 Å². The Morgan fingerprint density at radius 1 is 1.42 bits per heavy atom. The number of nitrogens with one attached hydrogen (secondary N) is 1. The number of benzene rings is 1. The SMILES string of the molecule is COCC1CCCN(C(=O)Nc2cccc(COC(C)C)c2C)C1. The van der Waals surface area contributed by atoms with E-state index in [0.717, 1.165) is 42.7 Å². The molecule has 1 N–H and O–H groups in total. The molecule has 5 heteroatoms. The van der Waals surface area contributed by atoms with Crippen molar-refractivity contribution in [3.05, 3.63) is 29.3 Å². The van der Waals surface area contributed by atoms with Crippen LogP contribution in [-0.2, 0) is 16.1 Å². The lowest BCUT2D eigenvalue weighted by atomic mass is 9.99. The summed E-state index contributed by atoms with van der Waals surface area (Å²) in [6.45, 7) is 8.91. The van der Waals surface area contributed by atoms with Gasteiger partial charge >= 0.3 is 6.03 Å². The number of urea groups is 1. The van der Waals surface area contributed by atoms with E-state index in [2.05, 4.69) is 5.32 Å². The van der Waals surface area contributed by atoms with Crippen LogP contribution >= 0.6 is 0 Å². The van der Waals surface area contributed by atoms with Crippen molar-refractivity contribution >= 4 is 11.7 Å². The monoisotopic (exact) mass is 334 g/mol. The highest BCUT2D eigenvalue weighted by molar-refractivity contribution is 5.90. The Morgan fingerprint density at radius 2 is 2.21 bits per heavy atom. The van der Waals surface area contributed by atoms with Crippen molar-refractivity contribution in [2.24, 2.45) is 5.92 Å². The molecular formula is C19H30N2O3. The lowest BCUT2D eigenvalue weighted by molar-refractivity contribution is 0.0654. The average Bonchev–Trinajstić information content (AvgIpc) is 2.56. The molecule has 5 nitrogen and oxygen atoms in total. The van der Waals surface area contributed by atoms with Gasteiger partial charge in [0.1, 0.15) is 0 Å². The number of likely N-dealkylation sites (tertiary alicyclic amines) is 1. The van der Waals surface area contributed by atoms with Crippen LogP contribution in [0.1, 0.15) is 37.8 Å². The third-order valence-corrected chi connectivity index (χ3v) is 4.47. The third-order valence-electron chi connectivity index (χ3n) is 4.47. The average molecular weight is 334 g/mol. The van der Waals surface area contributed by atoms with Crippen LogP contribution in [0.5, 0.6) is 0 Å². The van der Waals surface area contributed by atoms with Crippen LogP contribution in [0.3, 0.4) is 0 Å². The number of methoxy groups -OCH3 is 1. The van der Waals surface area contributed by atoms with E-state index in [0.29, 0.717) is 19.1 Å². The molecule has 1 aliphatic rings. The number of anilines is 1. The van der Waals surface area contributed by atoms with E-state index in [4.69, 9.17) is 9.47 Å². The minimum atomic E-state index is -0.0270. The molecular weight excluding hydrogens is 304 g/mol. The molecule has 1 atom stereocenters. The van der Waals surface area contributed by atoms with Crippen LogP contribution in [0, 0.1) is 12.8 Å². The van der Waals surface area contributed by atoms with Gasteiger partial charge in [0.15, 0.2) is 0 Å². The van der Waals surface area contributed by atoms with Gasteiger partial charge in [-0.25, -0.2) is 4.79 Å². The molecule has 2 rings (SSSR count). The molecule has 134 valence electrons. The molecule has 0 bridgehead atoms. The summed E-state index contributed by atoms with van der Waals surface area (Å²) in [5.41, 5.74) is 3.04. The highest BCUT2D eigenvalue weighted by Gasteiger charge is 2.24. The van der Waals surface area contributed by atoms with Crippen LogP contribution in [0.25, 0.3) is 0 Å². The van der Waals surface area contributed by atoms with Crippen molar-refractivity contribution in [1.29, 1.82) is 0 Å². The highest BCUT2D eigenvalue weighted by Crippen LogP contribution is 2.22. The van der Waals surface area contributed by atoms with Crippen molar-refractivity contribution in [1.82, 2.24) is 4.90 Å². The van der Waals surface area contributed by atoms with Gasteiger partial charge in [0.2, 0.25) is 0 Å². The number of amides is 2. The number of piperidine rings is 1. The maximum absolute atomic E-state index is 12.6. The van der Waals surface area contributed by atoms with Gasteiger partial charge in [-0.05, 0) is 50.8 Å². The van der Waals surface area contributed by atoms with E-state index in [1.165, 1.54) is 0 Å². The summed E-state index contributed by atoms with van der Waals surface area (Å²) in [5, 5.41) is 3.06. The lowest BCUT2D eigenvalue weighted by Crippen LogP contribution is -2.43. The minimum Gasteiger partial charge on any atom is -0.384 e. The largest absolute Gasteiger partial charge is 0.384 e. The fraction of sp³-hybridized carbons (Fsp3) is 0.632. The topological polar surface area (TPSA) is 50.8 Å². The molecule has 0 spiro atoms. The Morgan fingerprint density at radius 3 is 2.92 bits per heavy atom. The molecule has 0 saturated carbocycles. The van der Waals surface area contributed by atoms with E-state index < -0.39 is 0 Å². The summed E-state index contributed by atoms with van der Waals surface area (Å²) >= 11 is 0. The Bertz CT molecular complexity index is 543. The van der Waals surface area contributed by atoms with Gasteiger partial charge in [-0.2, -0.15) is 0 Å². The third kappa shape index (κ3) is 5.21. The molecule has 1 aromatic carbocycles. The maximum atomic E-state index is 12.6. The number of nitrogens with zero attached hydrogens (tertiary/aromatic N) is 1. The van der Waals surface area contributed by atoms with Gasteiger partial charge in [-0.15, -0.1) is 0 Å². The normalized spacial score (nSPS) is 18.0. The number of hydrogen-bond donors (Lipinski definition) is 1. The Labute approximate surface area is 145 Å². The summed E-state index contributed by atoms with van der Waals surface area (Å²) in [4.78, 5) is 14.5. The molecule has 0 aliphatic carbocycles. The summed E-state index contributed by atoms with van der Waals surface area (Å²) in [5.74, 6) is 0.432. The molecule has 24 heavy (non-hydrogen) atoms. The van der Waals surface area contributed by atoms with Crippen molar-refractivity contribution in [2.75, 3.05) is 32.1 Å². The fourth-order valence-electron chi connectivity index (χ4n) is 3.05. The van der Waals surface area contributed by atoms with Gasteiger partial charge < -0.3 is 19.7 Å². The molecule has 1 aliphatic heterocycles. The van der Waals surface area contributed by atoms with Crippen LogP contribution in [0.2, 0.25) is 0 Å². The summed E-state index contributed by atoms with van der Waals surface area (Å²) in [6, 6.07) is 5.93. The van der Waals surface area contributed by atoms with E-state index in [1.807, 2.05) is 43.9 Å². The highest BCUT2D eigenvalue weighted by atomic mass is 16.5. The number of carbonyl (C=O) groups excluding carboxylic acids is 1. The summed E-state index contributed by atoms with van der Waals surface area (Å²) in [7, 11) is 1.72. The Kier molecular flexibility index (Phi) is 7.06. The molecule has 1 aromatic rings. The standard InChI is InChI=1S/C19H30N2O3/c1-14(2)24-13-17-8-5-9-18(15(17)3)20-19(22)21-10-6-7-16(11-21)12-23-4/h5,8-9,14,16H,6-7,10-13H2,1-4H3,(H,20,22).